The fourth-order valence-electron chi connectivity index (χ4n) is 0.624. The summed E-state index contributed by atoms with van der Waals surface area (Å²) < 4.78 is 26.9. The van der Waals surface area contributed by atoms with Gasteiger partial charge in [0.1, 0.15) is 0 Å². The summed E-state index contributed by atoms with van der Waals surface area (Å²) in [6.07, 6.45) is 0. The van der Waals surface area contributed by atoms with Crippen LogP contribution in [0.1, 0.15) is 27.7 Å². The molecule has 0 saturated heterocycles. The lowest BCUT2D eigenvalue weighted by Gasteiger charge is -2.18. The third-order valence-corrected chi connectivity index (χ3v) is 2.39. The Hall–Kier alpha value is -0.170. The van der Waals surface area contributed by atoms with Crippen molar-refractivity contribution in [3.63, 3.8) is 0 Å². The lowest BCUT2D eigenvalue weighted by molar-refractivity contribution is 0.0856. The van der Waals surface area contributed by atoms with Crippen molar-refractivity contribution in [3.05, 3.63) is 0 Å². The highest BCUT2D eigenvalue weighted by Crippen LogP contribution is 1.98. The molecule has 0 amide bonds. The van der Waals surface area contributed by atoms with Crippen LogP contribution in [0, 0.1) is 0 Å². The van der Waals surface area contributed by atoms with Crippen LogP contribution in [0.3, 0.4) is 0 Å². The average Bonchev–Trinajstić information content (AvgIpc) is 1.79. The van der Waals surface area contributed by atoms with Crippen LogP contribution in [-0.2, 0) is 10.2 Å². The number of nitrogens with one attached hydrogen (secondary N) is 2. The van der Waals surface area contributed by atoms with E-state index >= 15 is 0 Å². The van der Waals surface area contributed by atoms with Crippen molar-refractivity contribution < 1.29 is 13.5 Å². The molecule has 0 aromatic carbocycles. The first-order valence-corrected chi connectivity index (χ1v) is 5.60. The van der Waals surface area contributed by atoms with Crippen LogP contribution in [-0.4, -0.2) is 31.7 Å². The van der Waals surface area contributed by atoms with Crippen LogP contribution in [0.5, 0.6) is 0 Å². The van der Waals surface area contributed by atoms with Gasteiger partial charge in [0.05, 0.1) is 5.60 Å². The molecular formula is C7H18N2O3S. The molecular weight excluding hydrogens is 192 g/mol. The highest BCUT2D eigenvalue weighted by molar-refractivity contribution is 7.87. The monoisotopic (exact) mass is 210 g/mol. The zero-order chi connectivity index (χ0) is 10.7. The molecule has 80 valence electrons. The van der Waals surface area contributed by atoms with E-state index in [0.717, 1.165) is 0 Å². The van der Waals surface area contributed by atoms with Crippen LogP contribution in [0.2, 0.25) is 0 Å². The average molecular weight is 210 g/mol. The smallest absolute Gasteiger partial charge is 0.277 e. The van der Waals surface area contributed by atoms with Crippen molar-refractivity contribution in [1.82, 2.24) is 9.44 Å². The maximum atomic E-state index is 11.2. The van der Waals surface area contributed by atoms with Gasteiger partial charge in [-0.3, -0.25) is 0 Å². The molecule has 0 aromatic rings. The molecule has 0 spiro atoms. The van der Waals surface area contributed by atoms with Crippen LogP contribution >= 0.6 is 0 Å². The Kier molecular flexibility index (Phi) is 4.31. The van der Waals surface area contributed by atoms with Crippen LogP contribution < -0.4 is 9.44 Å². The van der Waals surface area contributed by atoms with Gasteiger partial charge in [0, 0.05) is 12.6 Å². The first-order chi connectivity index (χ1) is 5.62. The van der Waals surface area contributed by atoms with E-state index in [4.69, 9.17) is 0 Å². The van der Waals surface area contributed by atoms with E-state index in [1.807, 2.05) is 0 Å². The first kappa shape index (κ1) is 12.8. The maximum Gasteiger partial charge on any atom is 0.277 e. The summed E-state index contributed by atoms with van der Waals surface area (Å²) in [5.74, 6) is 0. The van der Waals surface area contributed by atoms with E-state index in [1.165, 1.54) is 13.8 Å². The zero-order valence-corrected chi connectivity index (χ0v) is 9.27. The Morgan fingerprint density at radius 3 is 2.15 bits per heavy atom. The summed E-state index contributed by atoms with van der Waals surface area (Å²) in [6.45, 7) is 6.51. The topological polar surface area (TPSA) is 78.4 Å². The fourth-order valence-corrected chi connectivity index (χ4v) is 1.87. The van der Waals surface area contributed by atoms with E-state index < -0.39 is 15.8 Å². The van der Waals surface area contributed by atoms with Gasteiger partial charge in [-0.25, -0.2) is 0 Å². The van der Waals surface area contributed by atoms with Gasteiger partial charge in [-0.1, -0.05) is 0 Å². The Labute approximate surface area is 79.7 Å². The number of hydrogen-bond acceptors (Lipinski definition) is 3. The molecule has 0 saturated carbocycles. The van der Waals surface area contributed by atoms with E-state index in [9.17, 15) is 13.5 Å². The number of aliphatic hydroxyl groups is 1. The van der Waals surface area contributed by atoms with Gasteiger partial charge in [-0.15, -0.1) is 0 Å². The van der Waals surface area contributed by atoms with E-state index in [1.54, 1.807) is 13.8 Å². The summed E-state index contributed by atoms with van der Waals surface area (Å²) in [5, 5.41) is 9.26. The summed E-state index contributed by atoms with van der Waals surface area (Å²) >= 11 is 0. The minimum absolute atomic E-state index is 0.00491. The molecule has 0 atom stereocenters. The number of hydrogen-bond donors (Lipinski definition) is 3. The third-order valence-electron chi connectivity index (χ3n) is 1.09. The molecule has 0 bridgehead atoms. The molecule has 5 nitrogen and oxygen atoms in total. The van der Waals surface area contributed by atoms with Crippen molar-refractivity contribution in [2.24, 2.45) is 0 Å². The molecule has 0 aliphatic heterocycles. The van der Waals surface area contributed by atoms with Crippen LogP contribution in [0.15, 0.2) is 0 Å². The van der Waals surface area contributed by atoms with E-state index in [-0.39, 0.29) is 12.6 Å². The van der Waals surface area contributed by atoms with Crippen molar-refractivity contribution in [2.75, 3.05) is 6.54 Å². The summed E-state index contributed by atoms with van der Waals surface area (Å²) in [4.78, 5) is 0. The van der Waals surface area contributed by atoms with Crippen LogP contribution in [0.4, 0.5) is 0 Å². The van der Waals surface area contributed by atoms with Gasteiger partial charge in [-0.2, -0.15) is 17.9 Å². The van der Waals surface area contributed by atoms with Crippen molar-refractivity contribution >= 4 is 10.2 Å². The van der Waals surface area contributed by atoms with Gasteiger partial charge >= 0.3 is 0 Å². The minimum atomic E-state index is -3.47. The molecule has 0 fully saturated rings. The molecule has 6 heteroatoms. The lowest BCUT2D eigenvalue weighted by atomic mass is 10.1. The van der Waals surface area contributed by atoms with Crippen molar-refractivity contribution in [3.8, 4) is 0 Å². The zero-order valence-electron chi connectivity index (χ0n) is 8.46. The Bertz CT molecular complexity index is 241. The second kappa shape index (κ2) is 4.36. The van der Waals surface area contributed by atoms with Gasteiger partial charge in [0.2, 0.25) is 0 Å². The van der Waals surface area contributed by atoms with Gasteiger partial charge in [-0.05, 0) is 27.7 Å². The molecule has 0 aromatic heterocycles. The van der Waals surface area contributed by atoms with Crippen LogP contribution in [0.25, 0.3) is 0 Å². The quantitative estimate of drug-likeness (QED) is 0.577. The molecule has 0 heterocycles. The summed E-state index contributed by atoms with van der Waals surface area (Å²) in [7, 11) is -3.47. The van der Waals surface area contributed by atoms with E-state index in [0.29, 0.717) is 0 Å². The summed E-state index contributed by atoms with van der Waals surface area (Å²) in [6, 6.07) is -0.153. The molecule has 0 aliphatic carbocycles. The summed E-state index contributed by atoms with van der Waals surface area (Å²) in [5.41, 5.74) is -1.04. The van der Waals surface area contributed by atoms with Gasteiger partial charge < -0.3 is 5.11 Å². The SMILES string of the molecule is CC(C)NS(=O)(=O)NCC(C)(C)O. The van der Waals surface area contributed by atoms with Crippen molar-refractivity contribution in [1.29, 1.82) is 0 Å². The second-order valence-electron chi connectivity index (χ2n) is 3.91. The largest absolute Gasteiger partial charge is 0.389 e. The maximum absolute atomic E-state index is 11.2. The molecule has 0 radical (unpaired) electrons. The van der Waals surface area contributed by atoms with Crippen molar-refractivity contribution in [2.45, 2.75) is 39.3 Å². The minimum Gasteiger partial charge on any atom is -0.389 e. The standard InChI is InChI=1S/C7H18N2O3S/c1-6(2)9-13(11,12)8-5-7(3,4)10/h6,8-10H,5H2,1-4H3. The normalized spacial score (nSPS) is 13.7. The number of rotatable bonds is 5. The predicted molar refractivity (Wildman–Crippen MR) is 51.5 cm³/mol. The second-order valence-corrected chi connectivity index (χ2v) is 5.44. The third kappa shape index (κ3) is 8.17. The van der Waals surface area contributed by atoms with Gasteiger partial charge in [0.15, 0.2) is 0 Å². The predicted octanol–water partition coefficient (Wildman–Crippen LogP) is -0.410. The van der Waals surface area contributed by atoms with Gasteiger partial charge in [0.25, 0.3) is 10.2 Å². The molecule has 3 N–H and O–H groups in total. The van der Waals surface area contributed by atoms with E-state index in [2.05, 4.69) is 9.44 Å². The first-order valence-electron chi connectivity index (χ1n) is 4.12. The fraction of sp³-hybridized carbons (Fsp3) is 1.00. The molecule has 0 aliphatic rings. The molecule has 0 rings (SSSR count). The lowest BCUT2D eigenvalue weighted by Crippen LogP contribution is -2.45. The Balaban J connectivity index is 4.06. The molecule has 13 heavy (non-hydrogen) atoms. The highest BCUT2D eigenvalue weighted by Gasteiger charge is 2.17. The highest BCUT2D eigenvalue weighted by atomic mass is 32.2. The Morgan fingerprint density at radius 2 is 1.85 bits per heavy atom. The molecule has 0 unspecified atom stereocenters. The Morgan fingerprint density at radius 1 is 1.38 bits per heavy atom.